The quantitative estimate of drug-likeness (QED) is 0.0580. The minimum atomic E-state index is 0.885. The van der Waals surface area contributed by atoms with Gasteiger partial charge in [-0.25, -0.2) is 0 Å². The topological polar surface area (TPSA) is 9.72 Å². The van der Waals surface area contributed by atoms with E-state index in [4.69, 9.17) is 0 Å². The molecule has 0 aromatic heterocycles. The Morgan fingerprint density at radius 2 is 0.611 bits per heavy atom. The van der Waals surface area contributed by atoms with Crippen LogP contribution in [0.15, 0.2) is 182 Å². The molecule has 0 aliphatic heterocycles. The van der Waals surface area contributed by atoms with Crippen molar-refractivity contribution in [2.75, 3.05) is 32.3 Å². The summed E-state index contributed by atoms with van der Waals surface area (Å²) in [6.45, 7) is 9.02. The zero-order valence-electron chi connectivity index (χ0n) is 31.3. The summed E-state index contributed by atoms with van der Waals surface area (Å²) in [5.41, 5.74) is 14.9. The highest BCUT2D eigenvalue weighted by Crippen LogP contribution is 2.35. The Morgan fingerprint density at radius 3 is 0.889 bits per heavy atom. The lowest BCUT2D eigenvalue weighted by Gasteiger charge is -2.24. The number of benzene rings is 7. The van der Waals surface area contributed by atoms with Gasteiger partial charge in [-0.2, -0.15) is 0 Å². The fourth-order valence-electron chi connectivity index (χ4n) is 7.11. The van der Waals surface area contributed by atoms with Crippen molar-refractivity contribution in [3.05, 3.63) is 199 Å². The second-order valence-electron chi connectivity index (χ2n) is 13.7. The van der Waals surface area contributed by atoms with Gasteiger partial charge >= 0.3 is 0 Å². The summed E-state index contributed by atoms with van der Waals surface area (Å²) in [7, 11) is 0. The molecule has 0 spiro atoms. The number of alkyl halides is 1. The average Bonchev–Trinajstić information content (AvgIpc) is 3.25. The lowest BCUT2D eigenvalue weighted by atomic mass is 9.93. The van der Waals surface area contributed by atoms with E-state index in [-0.39, 0.29) is 0 Å². The van der Waals surface area contributed by atoms with Gasteiger partial charge in [-0.15, -0.1) is 0 Å². The molecule has 7 aromatic carbocycles. The summed E-state index contributed by atoms with van der Waals surface area (Å²) in [6, 6.07) is 66.5. The van der Waals surface area contributed by atoms with Crippen LogP contribution in [0.3, 0.4) is 0 Å². The van der Waals surface area contributed by atoms with Crippen LogP contribution >= 0.6 is 22.6 Å². The second-order valence-corrected chi connectivity index (χ2v) is 14.4. The molecule has 0 unspecified atom stereocenters. The molecule has 0 saturated carbocycles. The number of nitrogens with zero attached hydrogens (tertiary/aromatic N) is 3. The number of anilines is 3. The summed E-state index contributed by atoms with van der Waals surface area (Å²) in [5.74, 6) is 0. The van der Waals surface area contributed by atoms with Crippen molar-refractivity contribution in [1.82, 2.24) is 0 Å². The average molecular weight is 818 g/mol. The van der Waals surface area contributed by atoms with E-state index >= 15 is 0 Å². The van der Waals surface area contributed by atoms with Crippen LogP contribution in [0.4, 0.5) is 17.1 Å². The zero-order chi connectivity index (χ0) is 37.1. The van der Waals surface area contributed by atoms with Crippen molar-refractivity contribution in [3.8, 4) is 33.4 Å². The molecule has 0 heterocycles. The van der Waals surface area contributed by atoms with Crippen molar-refractivity contribution in [2.45, 2.75) is 33.5 Å². The molecule has 0 N–H and O–H groups in total. The SMILES string of the molecule is CCN(Cc1ccccc1)c1ccc(-c2cc(-c3ccc(N(CC)Cc4ccccc4)cc3)cc(-c3ccc(N(CI)Cc4ccccc4)cc3)c2)cc1. The summed E-state index contributed by atoms with van der Waals surface area (Å²) in [6.07, 6.45) is 0. The highest BCUT2D eigenvalue weighted by atomic mass is 127. The molecule has 0 atom stereocenters. The van der Waals surface area contributed by atoms with Crippen molar-refractivity contribution in [1.29, 1.82) is 0 Å². The first-order valence-electron chi connectivity index (χ1n) is 19.0. The number of rotatable bonds is 15. The second kappa shape index (κ2) is 18.1. The van der Waals surface area contributed by atoms with Crippen molar-refractivity contribution < 1.29 is 0 Å². The van der Waals surface area contributed by atoms with Crippen LogP contribution in [0.2, 0.25) is 0 Å². The summed E-state index contributed by atoms with van der Waals surface area (Å²) in [4.78, 5) is 7.27. The van der Waals surface area contributed by atoms with Gasteiger partial charge < -0.3 is 14.7 Å². The molecule has 0 amide bonds. The number of hydrogen-bond acceptors (Lipinski definition) is 3. The molecular weight excluding hydrogens is 769 g/mol. The van der Waals surface area contributed by atoms with Gasteiger partial charge in [0.1, 0.15) is 0 Å². The molecular formula is C50H48IN3. The molecule has 4 heteroatoms. The minimum absolute atomic E-state index is 0.885. The first-order chi connectivity index (χ1) is 26.6. The predicted octanol–water partition coefficient (Wildman–Crippen LogP) is 13.1. The molecule has 0 aliphatic rings. The lowest BCUT2D eigenvalue weighted by molar-refractivity contribution is 0.832. The van der Waals surface area contributed by atoms with Crippen LogP contribution in [0, 0.1) is 0 Å². The van der Waals surface area contributed by atoms with Crippen LogP contribution in [0.5, 0.6) is 0 Å². The molecule has 0 fully saturated rings. The summed E-state index contributed by atoms with van der Waals surface area (Å²) >= 11 is 2.47. The van der Waals surface area contributed by atoms with E-state index in [2.05, 4.69) is 233 Å². The van der Waals surface area contributed by atoms with Crippen molar-refractivity contribution >= 4 is 39.7 Å². The Bertz CT molecular complexity index is 1920. The third-order valence-corrected chi connectivity index (χ3v) is 11.0. The molecule has 54 heavy (non-hydrogen) atoms. The normalized spacial score (nSPS) is 10.9. The van der Waals surface area contributed by atoms with E-state index in [1.165, 1.54) is 67.1 Å². The van der Waals surface area contributed by atoms with Crippen LogP contribution < -0.4 is 14.7 Å². The van der Waals surface area contributed by atoms with Gasteiger partial charge in [0.2, 0.25) is 0 Å². The van der Waals surface area contributed by atoms with E-state index in [0.717, 1.165) is 37.3 Å². The van der Waals surface area contributed by atoms with E-state index in [0.29, 0.717) is 0 Å². The van der Waals surface area contributed by atoms with Crippen LogP contribution in [-0.4, -0.2) is 17.6 Å². The van der Waals surface area contributed by atoms with Gasteiger partial charge in [0.05, 0.1) is 4.55 Å². The zero-order valence-corrected chi connectivity index (χ0v) is 33.4. The van der Waals surface area contributed by atoms with E-state index in [1.807, 2.05) is 0 Å². The smallest absolute Gasteiger partial charge is 0.0703 e. The fourth-order valence-corrected chi connectivity index (χ4v) is 7.74. The summed E-state index contributed by atoms with van der Waals surface area (Å²) in [5, 5.41) is 0. The molecule has 0 saturated heterocycles. The molecule has 270 valence electrons. The van der Waals surface area contributed by atoms with E-state index < -0.39 is 0 Å². The standard InChI is InChI=1S/C50H48IN3/c1-3-52(35-39-14-8-5-9-15-39)48-26-20-42(21-27-48)45-32-46(43-22-28-49(29-23-43)53(4-2)36-40-16-10-6-11-17-40)34-47(33-45)44-24-30-50(31-25-44)54(38-51)37-41-18-12-7-13-19-41/h5-34H,3-4,35-38H2,1-2H3. The van der Waals surface area contributed by atoms with Crippen LogP contribution in [-0.2, 0) is 19.6 Å². The predicted molar refractivity (Wildman–Crippen MR) is 241 cm³/mol. The third-order valence-electron chi connectivity index (χ3n) is 10.2. The van der Waals surface area contributed by atoms with E-state index in [9.17, 15) is 0 Å². The monoisotopic (exact) mass is 817 g/mol. The molecule has 0 radical (unpaired) electrons. The fraction of sp³-hybridized carbons (Fsp3) is 0.160. The maximum Gasteiger partial charge on any atom is 0.0703 e. The first-order valence-corrected chi connectivity index (χ1v) is 20.5. The molecule has 3 nitrogen and oxygen atoms in total. The minimum Gasteiger partial charge on any atom is -0.367 e. The molecule has 7 aromatic rings. The Morgan fingerprint density at radius 1 is 0.333 bits per heavy atom. The van der Waals surface area contributed by atoms with Crippen molar-refractivity contribution in [2.24, 2.45) is 0 Å². The van der Waals surface area contributed by atoms with Crippen LogP contribution in [0.25, 0.3) is 33.4 Å². The van der Waals surface area contributed by atoms with E-state index in [1.54, 1.807) is 0 Å². The Balaban J connectivity index is 1.20. The first kappa shape index (κ1) is 37.0. The van der Waals surface area contributed by atoms with Crippen molar-refractivity contribution in [3.63, 3.8) is 0 Å². The maximum absolute atomic E-state index is 2.47. The highest BCUT2D eigenvalue weighted by molar-refractivity contribution is 14.1. The van der Waals surface area contributed by atoms with Crippen LogP contribution in [0.1, 0.15) is 30.5 Å². The van der Waals surface area contributed by atoms with Gasteiger partial charge in [-0.3, -0.25) is 0 Å². The molecule has 0 bridgehead atoms. The Labute approximate surface area is 335 Å². The number of hydrogen-bond donors (Lipinski definition) is 0. The number of halogens is 1. The maximum atomic E-state index is 2.47. The lowest BCUT2D eigenvalue weighted by Crippen LogP contribution is -2.21. The Hall–Kier alpha value is -5.33. The van der Waals surface area contributed by atoms with Gasteiger partial charge in [-0.1, -0.05) is 150 Å². The largest absolute Gasteiger partial charge is 0.367 e. The van der Waals surface area contributed by atoms with Gasteiger partial charge in [0.15, 0.2) is 0 Å². The molecule has 7 rings (SSSR count). The third kappa shape index (κ3) is 9.23. The summed E-state index contributed by atoms with van der Waals surface area (Å²) < 4.78 is 0.916. The Kier molecular flexibility index (Phi) is 12.4. The van der Waals surface area contributed by atoms with Gasteiger partial charge in [-0.05, 0) is 119 Å². The molecule has 0 aliphatic carbocycles. The van der Waals surface area contributed by atoms with Gasteiger partial charge in [0.25, 0.3) is 0 Å². The van der Waals surface area contributed by atoms with Gasteiger partial charge in [0, 0.05) is 49.8 Å². The highest BCUT2D eigenvalue weighted by Gasteiger charge is 2.13.